The number of hydrogen-bond acceptors (Lipinski definition) is 4. The third-order valence-electron chi connectivity index (χ3n) is 5.44. The molecule has 5 nitrogen and oxygen atoms in total. The number of pyridine rings is 1. The summed E-state index contributed by atoms with van der Waals surface area (Å²) in [4.78, 5) is 8.99. The summed E-state index contributed by atoms with van der Waals surface area (Å²) in [5, 5.41) is 18.0. The molecule has 3 rings (SSSR count). The van der Waals surface area contributed by atoms with Crippen molar-refractivity contribution >= 4 is 17.6 Å². The van der Waals surface area contributed by atoms with E-state index in [9.17, 15) is 5.11 Å². The van der Waals surface area contributed by atoms with Crippen LogP contribution >= 0.6 is 0 Å². The molecule has 6 heteroatoms. The number of nitrogens with zero attached hydrogens (tertiary/aromatic N) is 3. The van der Waals surface area contributed by atoms with Gasteiger partial charge in [-0.1, -0.05) is 83.7 Å². The van der Waals surface area contributed by atoms with Gasteiger partial charge in [-0.25, -0.2) is 0 Å². The summed E-state index contributed by atoms with van der Waals surface area (Å²) < 4.78 is 5.56. The van der Waals surface area contributed by atoms with Gasteiger partial charge in [-0.15, -0.1) is 5.69 Å². The van der Waals surface area contributed by atoms with Crippen LogP contribution in [0.4, 0.5) is 11.4 Å². The van der Waals surface area contributed by atoms with E-state index in [2.05, 4.69) is 51.5 Å². The summed E-state index contributed by atoms with van der Waals surface area (Å²) in [7, 11) is 1.61. The zero-order valence-electron chi connectivity index (χ0n) is 20.9. The van der Waals surface area contributed by atoms with Crippen LogP contribution in [0, 0.1) is 0 Å². The van der Waals surface area contributed by atoms with E-state index in [0.29, 0.717) is 11.4 Å². The third kappa shape index (κ3) is 6.68. The average molecular weight is 502 g/mol. The van der Waals surface area contributed by atoms with Crippen molar-refractivity contribution in [3.05, 3.63) is 88.5 Å². The molecular formula is C28H33N3NiO2. The Bertz CT molecular complexity index is 1120. The molecule has 0 amide bonds. The van der Waals surface area contributed by atoms with Gasteiger partial charge in [0.05, 0.1) is 11.4 Å². The van der Waals surface area contributed by atoms with Gasteiger partial charge in [-0.05, 0) is 45.7 Å². The molecule has 0 radical (unpaired) electrons. The van der Waals surface area contributed by atoms with Crippen LogP contribution in [0.15, 0.2) is 65.8 Å². The third-order valence-corrected chi connectivity index (χ3v) is 5.44. The van der Waals surface area contributed by atoms with E-state index in [1.807, 2.05) is 54.6 Å². The first-order valence-electron chi connectivity index (χ1n) is 11.1. The van der Waals surface area contributed by atoms with Crippen molar-refractivity contribution in [2.45, 2.75) is 58.6 Å². The number of aromatic nitrogens is 1. The first kappa shape index (κ1) is 27.6. The predicted octanol–water partition coefficient (Wildman–Crippen LogP) is 6.85. The molecule has 0 bridgehead atoms. The van der Waals surface area contributed by atoms with Gasteiger partial charge in [0.25, 0.3) is 0 Å². The summed E-state index contributed by atoms with van der Waals surface area (Å²) in [6, 6.07) is 17.2. The Balaban J connectivity index is 0.00000408. The van der Waals surface area contributed by atoms with Crippen LogP contribution in [0.1, 0.15) is 70.2 Å². The van der Waals surface area contributed by atoms with Crippen molar-refractivity contribution < 1.29 is 26.3 Å². The zero-order valence-corrected chi connectivity index (χ0v) is 21.9. The topological polar surface area (TPSA) is 71.6 Å². The summed E-state index contributed by atoms with van der Waals surface area (Å²) in [5.41, 5.74) is 4.17. The van der Waals surface area contributed by atoms with Gasteiger partial charge in [0, 0.05) is 25.7 Å². The van der Waals surface area contributed by atoms with Gasteiger partial charge in [-0.3, -0.25) is 9.98 Å². The van der Waals surface area contributed by atoms with Crippen LogP contribution in [-0.4, -0.2) is 18.3 Å². The van der Waals surface area contributed by atoms with E-state index in [1.54, 1.807) is 19.5 Å². The molecule has 1 heterocycles. The Morgan fingerprint density at radius 3 is 2.24 bits per heavy atom. The molecule has 0 fully saturated rings. The first-order chi connectivity index (χ1) is 15.5. The number of benzene rings is 2. The molecule has 0 aliphatic heterocycles. The molecule has 2 aromatic carbocycles. The molecule has 0 aliphatic rings. The van der Waals surface area contributed by atoms with Crippen LogP contribution in [-0.2, 0) is 32.1 Å². The zero-order chi connectivity index (χ0) is 24.2. The first-order valence-corrected chi connectivity index (χ1v) is 11.1. The van der Waals surface area contributed by atoms with Gasteiger partial charge >= 0.3 is 16.5 Å². The molecule has 0 unspecified atom stereocenters. The van der Waals surface area contributed by atoms with Gasteiger partial charge < -0.3 is 15.2 Å². The number of ether oxygens (including phenoxy) is 1. The molecule has 0 saturated carbocycles. The Labute approximate surface area is 213 Å². The average Bonchev–Trinajstić information content (AvgIpc) is 2.76. The van der Waals surface area contributed by atoms with Gasteiger partial charge in [-0.2, -0.15) is 0 Å². The number of methoxy groups -OCH3 is 1. The Morgan fingerprint density at radius 1 is 0.971 bits per heavy atom. The maximum Gasteiger partial charge on any atom is 2.00 e. The van der Waals surface area contributed by atoms with Gasteiger partial charge in [0.15, 0.2) is 0 Å². The Morgan fingerprint density at radius 2 is 1.65 bits per heavy atom. The number of hydrogen-bond donors (Lipinski definition) is 0. The van der Waals surface area contributed by atoms with Crippen molar-refractivity contribution in [1.29, 1.82) is 0 Å². The maximum absolute atomic E-state index is 13.2. The fourth-order valence-electron chi connectivity index (χ4n) is 3.44. The standard InChI is InChI=1S/C28H34N3O2.Ni/c1-27(2,3)20-16-21(28(4,5)6)25(32)24(17-20)30-18-19-12-8-9-13-22(19)31-26(33-7)23-14-10-11-15-29-23;/h8-18,26H,1-7H3,(H-,30,31,32);/q-1;+2/p-1/t26-;/m1./s1. The van der Waals surface area contributed by atoms with Crippen molar-refractivity contribution in [2.24, 2.45) is 4.99 Å². The summed E-state index contributed by atoms with van der Waals surface area (Å²) in [6.07, 6.45) is 2.89. The smallest absolute Gasteiger partial charge is 0.871 e. The van der Waals surface area contributed by atoms with Crippen molar-refractivity contribution in [3.63, 3.8) is 0 Å². The van der Waals surface area contributed by atoms with E-state index >= 15 is 0 Å². The van der Waals surface area contributed by atoms with Crippen molar-refractivity contribution in [3.8, 4) is 5.75 Å². The van der Waals surface area contributed by atoms with E-state index < -0.39 is 6.23 Å². The van der Waals surface area contributed by atoms with Gasteiger partial charge in [0.1, 0.15) is 0 Å². The van der Waals surface area contributed by atoms with Crippen LogP contribution in [0.25, 0.3) is 5.32 Å². The molecule has 3 aromatic rings. The van der Waals surface area contributed by atoms with E-state index in [0.717, 1.165) is 22.4 Å². The molecule has 0 spiro atoms. The maximum atomic E-state index is 13.2. The number of aliphatic imine (C=N–C) groups is 1. The second-order valence-electron chi connectivity index (χ2n) is 10.2. The minimum atomic E-state index is -0.535. The Hall–Kier alpha value is -2.69. The molecule has 0 N–H and O–H groups in total. The van der Waals surface area contributed by atoms with Crippen LogP contribution in [0.3, 0.4) is 0 Å². The second-order valence-corrected chi connectivity index (χ2v) is 10.2. The van der Waals surface area contributed by atoms with Crippen LogP contribution in [0.2, 0.25) is 0 Å². The molecule has 1 atom stereocenters. The monoisotopic (exact) mass is 501 g/mol. The summed E-state index contributed by atoms with van der Waals surface area (Å²) >= 11 is 0. The Kier molecular flexibility index (Phi) is 9.04. The SMILES string of the molecule is CO[C@@H]([N-]c1ccccc1C=Nc1cc(C(C)(C)C)cc(C(C)(C)C)c1[O-])c1ccccn1.[Ni+2]. The molecule has 1 aromatic heterocycles. The molecule has 0 aliphatic carbocycles. The van der Waals surface area contributed by atoms with E-state index in [4.69, 9.17) is 10.1 Å². The molecule has 0 saturated heterocycles. The minimum absolute atomic E-state index is 0. The number of rotatable bonds is 6. The van der Waals surface area contributed by atoms with Gasteiger partial charge in [0.2, 0.25) is 0 Å². The quantitative estimate of drug-likeness (QED) is 0.274. The second kappa shape index (κ2) is 11.2. The number of para-hydroxylation sites is 1. The fourth-order valence-corrected chi connectivity index (χ4v) is 3.44. The molecule has 34 heavy (non-hydrogen) atoms. The fraction of sp³-hybridized carbons (Fsp3) is 0.357. The molecule has 182 valence electrons. The van der Waals surface area contributed by atoms with Crippen molar-refractivity contribution in [1.82, 2.24) is 4.98 Å². The largest absolute Gasteiger partial charge is 2.00 e. The molecular weight excluding hydrogens is 469 g/mol. The summed E-state index contributed by atoms with van der Waals surface area (Å²) in [5.74, 6) is -0.0376. The van der Waals surface area contributed by atoms with Crippen LogP contribution < -0.4 is 5.11 Å². The minimum Gasteiger partial charge on any atom is -0.871 e. The van der Waals surface area contributed by atoms with E-state index in [-0.39, 0.29) is 33.1 Å². The normalized spacial score (nSPS) is 12.9. The van der Waals surface area contributed by atoms with Crippen LogP contribution in [0.5, 0.6) is 5.75 Å². The predicted molar refractivity (Wildman–Crippen MR) is 134 cm³/mol. The van der Waals surface area contributed by atoms with Crippen molar-refractivity contribution in [2.75, 3.05) is 7.11 Å². The summed E-state index contributed by atoms with van der Waals surface area (Å²) in [6.45, 7) is 12.6. The van der Waals surface area contributed by atoms with E-state index in [1.165, 1.54) is 0 Å².